The molecule has 1 N–H and O–H groups in total. The third-order valence-electron chi connectivity index (χ3n) is 3.57. The summed E-state index contributed by atoms with van der Waals surface area (Å²) in [4.78, 5) is 4.44. The molecule has 2 aromatic rings. The molecule has 3 nitrogen and oxygen atoms in total. The van der Waals surface area contributed by atoms with Crippen LogP contribution in [0.15, 0.2) is 22.9 Å². The molecule has 0 aliphatic heterocycles. The van der Waals surface area contributed by atoms with Crippen LogP contribution in [0.1, 0.15) is 31.4 Å². The third kappa shape index (κ3) is 1.79. The molecule has 1 aliphatic rings. The zero-order valence-electron chi connectivity index (χ0n) is 9.94. The van der Waals surface area contributed by atoms with Gasteiger partial charge in [0.1, 0.15) is 0 Å². The lowest BCUT2D eigenvalue weighted by Crippen LogP contribution is -2.41. The Kier molecular flexibility index (Phi) is 2.35. The maximum atomic E-state index is 9.83. The van der Waals surface area contributed by atoms with E-state index in [-0.39, 0.29) is 0 Å². The van der Waals surface area contributed by atoms with Crippen molar-refractivity contribution in [2.75, 3.05) is 0 Å². The maximum Gasteiger partial charge on any atom is 0.0961 e. The summed E-state index contributed by atoms with van der Waals surface area (Å²) in [6.45, 7) is 3.99. The van der Waals surface area contributed by atoms with Crippen LogP contribution in [-0.4, -0.2) is 20.3 Å². The van der Waals surface area contributed by atoms with Gasteiger partial charge in [0.25, 0.3) is 0 Å². The van der Waals surface area contributed by atoms with Gasteiger partial charge in [0.2, 0.25) is 0 Å². The summed E-state index contributed by atoms with van der Waals surface area (Å²) in [5.74, 6) is 0. The van der Waals surface area contributed by atoms with Crippen LogP contribution in [0.25, 0.3) is 11.0 Å². The third-order valence-corrected chi connectivity index (χ3v) is 4.03. The van der Waals surface area contributed by atoms with Crippen molar-refractivity contribution in [1.29, 1.82) is 0 Å². The number of fused-ring (bicyclic) bond motifs is 1. The van der Waals surface area contributed by atoms with Crippen molar-refractivity contribution >= 4 is 27.0 Å². The van der Waals surface area contributed by atoms with E-state index in [9.17, 15) is 5.11 Å². The highest BCUT2D eigenvalue weighted by Crippen LogP contribution is 2.42. The lowest BCUT2D eigenvalue weighted by molar-refractivity contribution is -0.0498. The van der Waals surface area contributed by atoms with E-state index in [1.807, 2.05) is 19.3 Å². The zero-order chi connectivity index (χ0) is 12.2. The first-order valence-corrected chi connectivity index (χ1v) is 6.61. The fourth-order valence-electron chi connectivity index (χ4n) is 2.76. The average molecular weight is 295 g/mol. The van der Waals surface area contributed by atoms with Gasteiger partial charge < -0.3 is 9.67 Å². The minimum atomic E-state index is -0.496. The van der Waals surface area contributed by atoms with Crippen molar-refractivity contribution in [3.63, 3.8) is 0 Å². The molecule has 1 fully saturated rings. The highest BCUT2D eigenvalue weighted by molar-refractivity contribution is 9.10. The van der Waals surface area contributed by atoms with Gasteiger partial charge in [0.15, 0.2) is 0 Å². The van der Waals surface area contributed by atoms with E-state index < -0.39 is 5.60 Å². The quantitative estimate of drug-likeness (QED) is 0.877. The van der Waals surface area contributed by atoms with Crippen LogP contribution in [-0.2, 0) is 0 Å². The molecular formula is C13H15BrN2O. The van der Waals surface area contributed by atoms with Crippen LogP contribution >= 0.6 is 15.9 Å². The monoisotopic (exact) mass is 294 g/mol. The predicted octanol–water partition coefficient (Wildman–Crippen LogP) is 3.19. The van der Waals surface area contributed by atoms with Crippen LogP contribution in [0, 0.1) is 6.92 Å². The van der Waals surface area contributed by atoms with Crippen LogP contribution in [0.4, 0.5) is 0 Å². The lowest BCUT2D eigenvalue weighted by Gasteiger charge is -2.41. The normalized spacial score (nSPS) is 28.4. The minimum Gasteiger partial charge on any atom is -0.390 e. The zero-order valence-corrected chi connectivity index (χ0v) is 11.5. The number of nitrogens with zero attached hydrogens (tertiary/aromatic N) is 2. The summed E-state index contributed by atoms with van der Waals surface area (Å²) in [5, 5.41) is 9.83. The SMILES string of the molecule is Cc1cc(Br)cc2ncn(C3CC(C)(O)C3)c12. The van der Waals surface area contributed by atoms with Crippen LogP contribution in [0.3, 0.4) is 0 Å². The molecule has 0 unspecified atom stereocenters. The Morgan fingerprint density at radius 3 is 2.82 bits per heavy atom. The van der Waals surface area contributed by atoms with E-state index in [1.54, 1.807) is 0 Å². The summed E-state index contributed by atoms with van der Waals surface area (Å²) in [5.41, 5.74) is 2.93. The highest BCUT2D eigenvalue weighted by atomic mass is 79.9. The van der Waals surface area contributed by atoms with E-state index in [1.165, 1.54) is 11.1 Å². The van der Waals surface area contributed by atoms with Crippen molar-refractivity contribution < 1.29 is 5.11 Å². The predicted molar refractivity (Wildman–Crippen MR) is 71.1 cm³/mol. The second-order valence-electron chi connectivity index (χ2n) is 5.30. The molecule has 1 heterocycles. The smallest absolute Gasteiger partial charge is 0.0961 e. The van der Waals surface area contributed by atoms with Crippen LogP contribution in [0.5, 0.6) is 0 Å². The Balaban J connectivity index is 2.07. The number of hydrogen-bond donors (Lipinski definition) is 1. The van der Waals surface area contributed by atoms with Gasteiger partial charge in [-0.25, -0.2) is 4.98 Å². The van der Waals surface area contributed by atoms with Crippen molar-refractivity contribution in [2.24, 2.45) is 0 Å². The average Bonchev–Trinajstić information content (AvgIpc) is 2.57. The van der Waals surface area contributed by atoms with Crippen LogP contribution in [0.2, 0.25) is 0 Å². The molecule has 4 heteroatoms. The molecule has 1 aromatic heterocycles. The first kappa shape index (κ1) is 11.2. The number of aromatic nitrogens is 2. The van der Waals surface area contributed by atoms with E-state index in [0.29, 0.717) is 6.04 Å². The molecule has 0 saturated heterocycles. The Labute approximate surface area is 109 Å². The number of rotatable bonds is 1. The molecule has 1 saturated carbocycles. The molecule has 1 aromatic carbocycles. The summed E-state index contributed by atoms with van der Waals surface area (Å²) in [6, 6.07) is 4.53. The first-order chi connectivity index (χ1) is 7.96. The molecule has 0 spiro atoms. The molecule has 90 valence electrons. The van der Waals surface area contributed by atoms with Gasteiger partial charge in [-0.1, -0.05) is 15.9 Å². The Bertz CT molecular complexity index is 580. The molecule has 0 atom stereocenters. The number of benzene rings is 1. The summed E-state index contributed by atoms with van der Waals surface area (Å²) in [6.07, 6.45) is 3.52. The van der Waals surface area contributed by atoms with E-state index in [0.717, 1.165) is 22.8 Å². The molecule has 3 rings (SSSR count). The van der Waals surface area contributed by atoms with Gasteiger partial charge in [-0.2, -0.15) is 0 Å². The Morgan fingerprint density at radius 2 is 2.18 bits per heavy atom. The molecule has 0 bridgehead atoms. The number of halogens is 1. The van der Waals surface area contributed by atoms with Crippen molar-refractivity contribution in [1.82, 2.24) is 9.55 Å². The molecular weight excluding hydrogens is 280 g/mol. The summed E-state index contributed by atoms with van der Waals surface area (Å²) >= 11 is 3.49. The first-order valence-electron chi connectivity index (χ1n) is 5.81. The van der Waals surface area contributed by atoms with E-state index >= 15 is 0 Å². The molecule has 0 radical (unpaired) electrons. The maximum absolute atomic E-state index is 9.83. The molecule has 17 heavy (non-hydrogen) atoms. The highest BCUT2D eigenvalue weighted by Gasteiger charge is 2.39. The number of imidazole rings is 1. The van der Waals surface area contributed by atoms with Gasteiger partial charge in [-0.3, -0.25) is 0 Å². The summed E-state index contributed by atoms with van der Waals surface area (Å²) < 4.78 is 3.27. The Hall–Kier alpha value is -0.870. The second kappa shape index (κ2) is 3.56. The van der Waals surface area contributed by atoms with Gasteiger partial charge >= 0.3 is 0 Å². The van der Waals surface area contributed by atoms with Gasteiger partial charge in [0, 0.05) is 10.5 Å². The van der Waals surface area contributed by atoms with E-state index in [4.69, 9.17) is 0 Å². The minimum absolute atomic E-state index is 0.384. The molecule has 1 aliphatic carbocycles. The number of hydrogen-bond acceptors (Lipinski definition) is 2. The van der Waals surface area contributed by atoms with Gasteiger partial charge in [-0.05, 0) is 44.4 Å². The number of aryl methyl sites for hydroxylation is 1. The van der Waals surface area contributed by atoms with Gasteiger partial charge in [-0.15, -0.1) is 0 Å². The van der Waals surface area contributed by atoms with Crippen molar-refractivity contribution in [3.05, 3.63) is 28.5 Å². The van der Waals surface area contributed by atoms with Crippen LogP contribution < -0.4 is 0 Å². The van der Waals surface area contributed by atoms with Crippen molar-refractivity contribution in [3.8, 4) is 0 Å². The Morgan fingerprint density at radius 1 is 1.47 bits per heavy atom. The van der Waals surface area contributed by atoms with Crippen molar-refractivity contribution in [2.45, 2.75) is 38.3 Å². The molecule has 0 amide bonds. The standard InChI is InChI=1S/C13H15BrN2O/c1-8-3-9(14)4-11-12(8)16(7-15-11)10-5-13(2,17)6-10/h3-4,7,10,17H,5-6H2,1-2H3. The lowest BCUT2D eigenvalue weighted by atomic mass is 9.77. The van der Waals surface area contributed by atoms with Gasteiger partial charge in [0.05, 0.1) is 23.0 Å². The topological polar surface area (TPSA) is 38.0 Å². The van der Waals surface area contributed by atoms with E-state index in [2.05, 4.69) is 38.5 Å². The number of aliphatic hydroxyl groups is 1. The second-order valence-corrected chi connectivity index (χ2v) is 6.22. The largest absolute Gasteiger partial charge is 0.390 e. The fraction of sp³-hybridized carbons (Fsp3) is 0.462. The fourth-order valence-corrected chi connectivity index (χ4v) is 3.32. The summed E-state index contributed by atoms with van der Waals surface area (Å²) in [7, 11) is 0.